The third kappa shape index (κ3) is 5.63. The molecule has 1 aliphatic rings. The number of hydrogen-bond donors (Lipinski definition) is 0. The molecule has 10 aromatic carbocycles. The normalized spacial score (nSPS) is 14.4. The number of benzene rings is 10. The smallest absolute Gasteiger partial charge is 0.160 e. The molecule has 0 amide bonds. The molecular formula is C58H37N3O2. The highest BCUT2D eigenvalue weighted by atomic mass is 16.3. The Morgan fingerprint density at radius 3 is 1.84 bits per heavy atom. The highest BCUT2D eigenvalue weighted by Crippen LogP contribution is 2.42. The molecule has 1 atom stereocenters. The SMILES string of the molecule is CN1C(c2ccc3ccc(-c4cc(-c5ccccc5)cc5oc6ccccc6c45)cc3c2)=NC(c2cc3ccccc3c3ccccc23)=NC1c1cccc2oc3ccccc3c12. The Bertz CT molecular complexity index is 3890. The summed E-state index contributed by atoms with van der Waals surface area (Å²) in [7, 11) is 2.11. The third-order valence-electron chi connectivity index (χ3n) is 12.9. The monoisotopic (exact) mass is 807 g/mol. The van der Waals surface area contributed by atoms with E-state index in [1.54, 1.807) is 0 Å². The molecule has 0 fully saturated rings. The zero-order valence-corrected chi connectivity index (χ0v) is 34.3. The fourth-order valence-corrected chi connectivity index (χ4v) is 9.89. The molecule has 63 heavy (non-hydrogen) atoms. The van der Waals surface area contributed by atoms with E-state index in [1.165, 1.54) is 10.8 Å². The van der Waals surface area contributed by atoms with Gasteiger partial charge in [-0.25, -0.2) is 9.98 Å². The molecule has 0 spiro atoms. The molecule has 0 radical (unpaired) electrons. The van der Waals surface area contributed by atoms with Crippen molar-refractivity contribution in [3.63, 3.8) is 0 Å². The zero-order chi connectivity index (χ0) is 41.6. The van der Waals surface area contributed by atoms with Crippen LogP contribution in [0.15, 0.2) is 219 Å². The van der Waals surface area contributed by atoms with Crippen LogP contribution in [0.25, 0.3) is 98.4 Å². The van der Waals surface area contributed by atoms with Crippen molar-refractivity contribution in [2.75, 3.05) is 7.05 Å². The number of fused-ring (bicyclic) bond motifs is 10. The number of amidine groups is 2. The molecule has 12 aromatic rings. The van der Waals surface area contributed by atoms with Crippen LogP contribution in [0.3, 0.4) is 0 Å². The maximum absolute atomic E-state index is 6.52. The van der Waals surface area contributed by atoms with E-state index >= 15 is 0 Å². The van der Waals surface area contributed by atoms with Gasteiger partial charge >= 0.3 is 0 Å². The van der Waals surface area contributed by atoms with Gasteiger partial charge in [0.05, 0.1) is 0 Å². The minimum Gasteiger partial charge on any atom is -0.456 e. The van der Waals surface area contributed by atoms with E-state index < -0.39 is 6.17 Å². The summed E-state index contributed by atoms with van der Waals surface area (Å²) in [5.41, 5.74) is 11.0. The summed E-state index contributed by atoms with van der Waals surface area (Å²) in [4.78, 5) is 13.3. The topological polar surface area (TPSA) is 54.2 Å². The maximum Gasteiger partial charge on any atom is 0.160 e. The van der Waals surface area contributed by atoms with Gasteiger partial charge in [0.15, 0.2) is 12.0 Å². The number of nitrogens with zero attached hydrogens (tertiary/aromatic N) is 3. The number of rotatable bonds is 5. The van der Waals surface area contributed by atoms with Crippen molar-refractivity contribution in [1.29, 1.82) is 0 Å². The Hall–Kier alpha value is -8.28. The largest absolute Gasteiger partial charge is 0.456 e. The predicted molar refractivity (Wildman–Crippen MR) is 261 cm³/mol. The van der Waals surface area contributed by atoms with Gasteiger partial charge in [0.1, 0.15) is 28.2 Å². The molecule has 5 nitrogen and oxygen atoms in total. The molecule has 2 aromatic heterocycles. The lowest BCUT2D eigenvalue weighted by Crippen LogP contribution is -2.35. The molecule has 0 saturated heterocycles. The lowest BCUT2D eigenvalue weighted by molar-refractivity contribution is 0.385. The van der Waals surface area contributed by atoms with Crippen molar-refractivity contribution < 1.29 is 8.83 Å². The number of furan rings is 2. The van der Waals surface area contributed by atoms with Crippen LogP contribution in [-0.4, -0.2) is 23.6 Å². The van der Waals surface area contributed by atoms with E-state index in [9.17, 15) is 0 Å². The van der Waals surface area contributed by atoms with Crippen molar-refractivity contribution in [2.24, 2.45) is 9.98 Å². The number of para-hydroxylation sites is 2. The van der Waals surface area contributed by atoms with Crippen LogP contribution in [0, 0.1) is 0 Å². The summed E-state index contributed by atoms with van der Waals surface area (Å²) >= 11 is 0. The molecule has 0 saturated carbocycles. The lowest BCUT2D eigenvalue weighted by Gasteiger charge is -2.33. The lowest BCUT2D eigenvalue weighted by atomic mass is 9.93. The fraction of sp³-hybridized carbons (Fsp3) is 0.0345. The molecule has 1 unspecified atom stereocenters. The summed E-state index contributed by atoms with van der Waals surface area (Å²) in [6, 6.07) is 70.8. The Labute approximate surface area is 362 Å². The average Bonchev–Trinajstić information content (AvgIpc) is 3.92. The predicted octanol–water partition coefficient (Wildman–Crippen LogP) is 15.1. The molecule has 0 bridgehead atoms. The zero-order valence-electron chi connectivity index (χ0n) is 34.3. The van der Waals surface area contributed by atoms with Crippen LogP contribution < -0.4 is 0 Å². The van der Waals surface area contributed by atoms with E-state index in [4.69, 9.17) is 18.8 Å². The van der Waals surface area contributed by atoms with Gasteiger partial charge in [-0.2, -0.15) is 0 Å². The summed E-state index contributed by atoms with van der Waals surface area (Å²) < 4.78 is 12.9. The van der Waals surface area contributed by atoms with Crippen LogP contribution in [0.4, 0.5) is 0 Å². The number of hydrogen-bond acceptors (Lipinski definition) is 5. The highest BCUT2D eigenvalue weighted by Gasteiger charge is 2.30. The van der Waals surface area contributed by atoms with Crippen LogP contribution in [0.2, 0.25) is 0 Å². The minimum absolute atomic E-state index is 0.396. The van der Waals surface area contributed by atoms with Crippen LogP contribution in [-0.2, 0) is 0 Å². The fourth-order valence-electron chi connectivity index (χ4n) is 9.89. The van der Waals surface area contributed by atoms with E-state index in [2.05, 4.69) is 194 Å². The van der Waals surface area contributed by atoms with Crippen molar-refractivity contribution >= 4 is 87.9 Å². The van der Waals surface area contributed by atoms with E-state index in [1.807, 2.05) is 18.2 Å². The first-order valence-corrected chi connectivity index (χ1v) is 21.4. The molecule has 296 valence electrons. The van der Waals surface area contributed by atoms with Crippen LogP contribution in [0.5, 0.6) is 0 Å². The Morgan fingerprint density at radius 2 is 1.03 bits per heavy atom. The second-order valence-corrected chi connectivity index (χ2v) is 16.5. The highest BCUT2D eigenvalue weighted by molar-refractivity contribution is 6.23. The summed E-state index contributed by atoms with van der Waals surface area (Å²) in [6.45, 7) is 0. The second kappa shape index (κ2) is 13.9. The first kappa shape index (κ1) is 35.5. The summed E-state index contributed by atoms with van der Waals surface area (Å²) in [6.07, 6.45) is -0.396. The summed E-state index contributed by atoms with van der Waals surface area (Å²) in [5, 5.41) is 11.3. The first-order chi connectivity index (χ1) is 31.1. The van der Waals surface area contributed by atoms with Crippen molar-refractivity contribution in [2.45, 2.75) is 6.17 Å². The van der Waals surface area contributed by atoms with Gasteiger partial charge in [0.2, 0.25) is 0 Å². The molecule has 0 aliphatic carbocycles. The van der Waals surface area contributed by atoms with Crippen LogP contribution in [0.1, 0.15) is 22.9 Å². The van der Waals surface area contributed by atoms with E-state index in [-0.39, 0.29) is 0 Å². The first-order valence-electron chi connectivity index (χ1n) is 21.4. The van der Waals surface area contributed by atoms with E-state index in [0.29, 0.717) is 5.84 Å². The maximum atomic E-state index is 6.52. The van der Waals surface area contributed by atoms with Crippen LogP contribution >= 0.6 is 0 Å². The van der Waals surface area contributed by atoms with Gasteiger partial charge < -0.3 is 13.7 Å². The van der Waals surface area contributed by atoms with Gasteiger partial charge in [-0.3, -0.25) is 0 Å². The number of aliphatic imine (C=N–C) groups is 2. The Morgan fingerprint density at radius 1 is 0.397 bits per heavy atom. The van der Waals surface area contributed by atoms with Gasteiger partial charge in [-0.1, -0.05) is 152 Å². The van der Waals surface area contributed by atoms with Gasteiger partial charge in [0.25, 0.3) is 0 Å². The quantitative estimate of drug-likeness (QED) is 0.163. The van der Waals surface area contributed by atoms with Crippen molar-refractivity contribution in [1.82, 2.24) is 4.90 Å². The minimum atomic E-state index is -0.396. The molecule has 1 aliphatic heterocycles. The van der Waals surface area contributed by atoms with Gasteiger partial charge in [-0.15, -0.1) is 0 Å². The molecule has 3 heterocycles. The molecular weight excluding hydrogens is 771 g/mol. The van der Waals surface area contributed by atoms with Gasteiger partial charge in [-0.05, 0) is 103 Å². The van der Waals surface area contributed by atoms with E-state index in [0.717, 1.165) is 110 Å². The van der Waals surface area contributed by atoms with Gasteiger partial charge in [0, 0.05) is 45.3 Å². The summed E-state index contributed by atoms with van der Waals surface area (Å²) in [5.74, 6) is 1.54. The standard InChI is InChI=1S/C58H37N3O2/c1-61-57(39-29-27-36-26-28-38(30-40(36)31-39)48-33-41(35-14-3-2-4-15-35)34-53-55(48)46-21-10-12-24-51(46)63-53)59-56(49-32-37-16-5-6-17-42(37)43-18-7-8-19-44(43)49)60-58(61)47-22-13-25-52-54(47)45-20-9-11-23-50(45)62-52/h2-34,58H,1H3. The average molecular weight is 808 g/mol. The second-order valence-electron chi connectivity index (χ2n) is 16.5. The molecule has 13 rings (SSSR count). The molecule has 5 heteroatoms. The Kier molecular flexibility index (Phi) is 7.81. The molecule has 0 N–H and O–H groups in total. The van der Waals surface area contributed by atoms with Crippen molar-refractivity contribution in [3.8, 4) is 22.3 Å². The van der Waals surface area contributed by atoms with Crippen molar-refractivity contribution in [3.05, 3.63) is 217 Å². The Balaban J connectivity index is 1.02. The third-order valence-corrected chi connectivity index (χ3v) is 12.9.